The smallest absolute Gasteiger partial charge is 0.167 e. The molecule has 0 aromatic heterocycles. The van der Waals surface area contributed by atoms with Gasteiger partial charge in [0.2, 0.25) is 0 Å². The van der Waals surface area contributed by atoms with Crippen molar-refractivity contribution in [2.45, 2.75) is 77.4 Å². The number of Topliss-reactive ketones (excluding diaryl/α,β-unsaturated/α-hetero) is 1. The van der Waals surface area contributed by atoms with Gasteiger partial charge in [0, 0.05) is 5.41 Å². The van der Waals surface area contributed by atoms with Crippen LogP contribution in [0.25, 0.3) is 0 Å². The lowest BCUT2D eigenvalue weighted by Gasteiger charge is -2.59. The fraction of sp³-hybridized carbons (Fsp3) is 0.947. The van der Waals surface area contributed by atoms with Crippen LogP contribution in [0.15, 0.2) is 0 Å². The fourth-order valence-corrected chi connectivity index (χ4v) is 7.02. The number of aliphatic hydroxyl groups excluding tert-OH is 2. The maximum atomic E-state index is 12.5. The topological polar surface area (TPSA) is 57.5 Å². The van der Waals surface area contributed by atoms with Gasteiger partial charge in [-0.2, -0.15) is 0 Å². The van der Waals surface area contributed by atoms with Gasteiger partial charge < -0.3 is 10.2 Å². The van der Waals surface area contributed by atoms with Gasteiger partial charge in [0.05, 0.1) is 6.10 Å². The summed E-state index contributed by atoms with van der Waals surface area (Å²) in [6.07, 6.45) is 7.43. The molecule has 0 heterocycles. The molecule has 0 saturated heterocycles. The van der Waals surface area contributed by atoms with Crippen molar-refractivity contribution in [1.29, 1.82) is 0 Å². The van der Waals surface area contributed by atoms with Gasteiger partial charge in [0.25, 0.3) is 0 Å². The van der Waals surface area contributed by atoms with Gasteiger partial charge in [-0.05, 0) is 80.5 Å². The Labute approximate surface area is 133 Å². The van der Waals surface area contributed by atoms with Crippen LogP contribution in [-0.4, -0.2) is 28.2 Å². The number of carbonyl (C=O) groups excluding carboxylic acids is 1. The van der Waals surface area contributed by atoms with Crippen LogP contribution in [0.1, 0.15) is 65.2 Å². The average molecular weight is 306 g/mol. The zero-order valence-corrected chi connectivity index (χ0v) is 13.9. The normalized spacial score (nSPS) is 57.9. The predicted octanol–water partition coefficient (Wildman–Crippen LogP) is 2.93. The Morgan fingerprint density at radius 3 is 2.50 bits per heavy atom. The van der Waals surface area contributed by atoms with E-state index in [1.807, 2.05) is 0 Å². The first-order valence-corrected chi connectivity index (χ1v) is 9.26. The summed E-state index contributed by atoms with van der Waals surface area (Å²) in [7, 11) is 0. The third kappa shape index (κ3) is 1.84. The Morgan fingerprint density at radius 2 is 1.73 bits per heavy atom. The summed E-state index contributed by atoms with van der Waals surface area (Å²) in [6.45, 7) is 4.57. The highest BCUT2D eigenvalue weighted by Crippen LogP contribution is 2.65. The average Bonchev–Trinajstić information content (AvgIpc) is 2.72. The number of rotatable bonds is 0. The van der Waals surface area contributed by atoms with E-state index in [9.17, 15) is 15.0 Å². The summed E-state index contributed by atoms with van der Waals surface area (Å²) in [5, 5.41) is 20.2. The molecule has 4 saturated carbocycles. The maximum Gasteiger partial charge on any atom is 0.167 e. The van der Waals surface area contributed by atoms with Crippen molar-refractivity contribution >= 4 is 5.78 Å². The molecule has 3 heteroatoms. The molecule has 2 N–H and O–H groups in total. The van der Waals surface area contributed by atoms with Crippen LogP contribution in [-0.2, 0) is 4.79 Å². The molecule has 4 rings (SSSR count). The van der Waals surface area contributed by atoms with Crippen LogP contribution in [0.5, 0.6) is 0 Å². The molecule has 4 fully saturated rings. The lowest BCUT2D eigenvalue weighted by Crippen LogP contribution is -2.54. The lowest BCUT2D eigenvalue weighted by molar-refractivity contribution is -0.144. The van der Waals surface area contributed by atoms with Crippen molar-refractivity contribution in [3.8, 4) is 0 Å². The highest BCUT2D eigenvalue weighted by atomic mass is 16.3. The summed E-state index contributed by atoms with van der Waals surface area (Å²) in [4.78, 5) is 12.5. The zero-order valence-electron chi connectivity index (χ0n) is 13.9. The first-order chi connectivity index (χ1) is 10.4. The first kappa shape index (κ1) is 15.1. The Hall–Kier alpha value is -0.410. The standard InChI is InChI=1S/C19H30O3/c1-18-7-5-12(20)9-11(18)3-4-13-14(18)6-8-19(2)15(13)10-16(21)17(19)22/h11-16,20-21H,3-10H2,1-2H3/t11?,12-,13+,14-,15-,16?,18-,19-/m0/s1. The minimum atomic E-state index is -0.715. The minimum absolute atomic E-state index is 0.0987. The molecular weight excluding hydrogens is 276 g/mol. The molecule has 0 bridgehead atoms. The fourth-order valence-electron chi connectivity index (χ4n) is 7.02. The minimum Gasteiger partial charge on any atom is -0.393 e. The summed E-state index contributed by atoms with van der Waals surface area (Å²) in [5.41, 5.74) is 0.0814. The van der Waals surface area contributed by atoms with Gasteiger partial charge in [0.15, 0.2) is 5.78 Å². The highest BCUT2D eigenvalue weighted by molar-refractivity contribution is 5.91. The molecule has 8 atom stereocenters. The van der Waals surface area contributed by atoms with Gasteiger partial charge in [0.1, 0.15) is 6.10 Å². The molecule has 22 heavy (non-hydrogen) atoms. The SMILES string of the molecule is C[C@]12CC[C@H](O)CC1CC[C@@H]1[C@@H]2CC[C@]2(C)C(=O)C(O)C[C@@H]12. The third-order valence-corrected chi connectivity index (χ3v) is 8.37. The van der Waals surface area contributed by atoms with Gasteiger partial charge >= 0.3 is 0 Å². The number of carbonyl (C=O) groups is 1. The van der Waals surface area contributed by atoms with Crippen molar-refractivity contribution < 1.29 is 15.0 Å². The van der Waals surface area contributed by atoms with E-state index in [1.165, 1.54) is 12.8 Å². The molecule has 0 aromatic rings. The van der Waals surface area contributed by atoms with Crippen LogP contribution < -0.4 is 0 Å². The van der Waals surface area contributed by atoms with Crippen molar-refractivity contribution in [3.05, 3.63) is 0 Å². The molecule has 0 aliphatic heterocycles. The second-order valence-corrected chi connectivity index (χ2v) is 9.16. The van der Waals surface area contributed by atoms with E-state index in [-0.39, 0.29) is 17.3 Å². The maximum absolute atomic E-state index is 12.5. The van der Waals surface area contributed by atoms with E-state index >= 15 is 0 Å². The van der Waals surface area contributed by atoms with Crippen LogP contribution in [0.3, 0.4) is 0 Å². The zero-order chi connectivity index (χ0) is 15.7. The Balaban J connectivity index is 1.64. The molecule has 3 nitrogen and oxygen atoms in total. The van der Waals surface area contributed by atoms with Crippen molar-refractivity contribution in [1.82, 2.24) is 0 Å². The number of fused-ring (bicyclic) bond motifs is 5. The van der Waals surface area contributed by atoms with E-state index in [0.29, 0.717) is 35.5 Å². The van der Waals surface area contributed by atoms with Crippen molar-refractivity contribution in [2.75, 3.05) is 0 Å². The largest absolute Gasteiger partial charge is 0.393 e. The van der Waals surface area contributed by atoms with Crippen LogP contribution in [0.4, 0.5) is 0 Å². The number of hydrogen-bond acceptors (Lipinski definition) is 3. The molecule has 0 spiro atoms. The highest BCUT2D eigenvalue weighted by Gasteiger charge is 2.62. The van der Waals surface area contributed by atoms with Crippen LogP contribution in [0, 0.1) is 34.5 Å². The monoisotopic (exact) mass is 306 g/mol. The molecule has 4 aliphatic rings. The number of aliphatic hydroxyl groups is 2. The third-order valence-electron chi connectivity index (χ3n) is 8.37. The van der Waals surface area contributed by atoms with Crippen LogP contribution in [0.2, 0.25) is 0 Å². The molecule has 2 unspecified atom stereocenters. The summed E-state index contributed by atoms with van der Waals surface area (Å²) in [6, 6.07) is 0. The van der Waals surface area contributed by atoms with E-state index in [2.05, 4.69) is 13.8 Å². The Kier molecular flexibility index (Phi) is 3.30. The number of ketones is 1. The van der Waals surface area contributed by atoms with Gasteiger partial charge in [-0.1, -0.05) is 13.8 Å². The quantitative estimate of drug-likeness (QED) is 0.723. The second kappa shape index (κ2) is 4.80. The Bertz CT molecular complexity index is 489. The molecule has 0 radical (unpaired) electrons. The second-order valence-electron chi connectivity index (χ2n) is 9.16. The Morgan fingerprint density at radius 1 is 0.955 bits per heavy atom. The number of hydrogen-bond donors (Lipinski definition) is 2. The van der Waals surface area contributed by atoms with Crippen molar-refractivity contribution in [3.63, 3.8) is 0 Å². The first-order valence-electron chi connectivity index (χ1n) is 9.26. The van der Waals surface area contributed by atoms with E-state index in [1.54, 1.807) is 0 Å². The molecule has 4 aliphatic carbocycles. The van der Waals surface area contributed by atoms with Crippen LogP contribution >= 0.6 is 0 Å². The van der Waals surface area contributed by atoms with E-state index < -0.39 is 6.10 Å². The van der Waals surface area contributed by atoms with Gasteiger partial charge in [-0.25, -0.2) is 0 Å². The lowest BCUT2D eigenvalue weighted by atomic mass is 9.45. The van der Waals surface area contributed by atoms with Gasteiger partial charge in [-0.3, -0.25) is 4.79 Å². The summed E-state index contributed by atoms with van der Waals surface area (Å²) >= 11 is 0. The predicted molar refractivity (Wildman–Crippen MR) is 84.1 cm³/mol. The van der Waals surface area contributed by atoms with Crippen molar-refractivity contribution in [2.24, 2.45) is 34.5 Å². The van der Waals surface area contributed by atoms with E-state index in [0.717, 1.165) is 32.1 Å². The summed E-state index contributed by atoms with van der Waals surface area (Å²) < 4.78 is 0. The molecule has 124 valence electrons. The van der Waals surface area contributed by atoms with E-state index in [4.69, 9.17) is 0 Å². The molecular formula is C19H30O3. The van der Waals surface area contributed by atoms with Gasteiger partial charge in [-0.15, -0.1) is 0 Å². The molecule has 0 amide bonds. The summed E-state index contributed by atoms with van der Waals surface area (Å²) in [5.74, 6) is 2.45. The molecule has 0 aromatic carbocycles.